The van der Waals surface area contributed by atoms with Crippen LogP contribution in [0.4, 0.5) is 23.0 Å². The fourth-order valence-corrected chi connectivity index (χ4v) is 2.42. The quantitative estimate of drug-likeness (QED) is 0.690. The van der Waals surface area contributed by atoms with Gasteiger partial charge in [-0.1, -0.05) is 17.7 Å². The second-order valence-corrected chi connectivity index (χ2v) is 5.38. The fraction of sp³-hybridized carbons (Fsp3) is 0.312. The predicted molar refractivity (Wildman–Crippen MR) is 88.4 cm³/mol. The van der Waals surface area contributed by atoms with Gasteiger partial charge in [0.15, 0.2) is 0 Å². The number of aromatic nitrogens is 1. The molecule has 0 radical (unpaired) electrons. The highest BCUT2D eigenvalue weighted by molar-refractivity contribution is 5.68. The molecule has 0 unspecified atom stereocenters. The molecule has 7 nitrogen and oxygen atoms in total. The highest BCUT2D eigenvalue weighted by Gasteiger charge is 2.20. The average Bonchev–Trinajstić information content (AvgIpc) is 2.57. The Kier molecular flexibility index (Phi) is 4.38. The van der Waals surface area contributed by atoms with Gasteiger partial charge in [0, 0.05) is 24.8 Å². The first-order valence-corrected chi connectivity index (χ1v) is 7.45. The number of nitrogens with one attached hydrogen (secondary N) is 1. The molecular formula is C16H18N4O3. The first-order valence-electron chi connectivity index (χ1n) is 7.45. The number of hydrogen-bond acceptors (Lipinski definition) is 6. The minimum atomic E-state index is -0.424. The molecule has 7 heteroatoms. The standard InChI is InChI=1S/C16H18N4O3/c1-12-2-4-13(5-3-12)17-16-14(20(21)22)6-7-15(18-16)19-8-10-23-11-9-19/h2-7H,8-11H2,1H3,(H,17,18). The molecule has 23 heavy (non-hydrogen) atoms. The molecule has 0 amide bonds. The van der Waals surface area contributed by atoms with E-state index in [4.69, 9.17) is 4.74 Å². The topological polar surface area (TPSA) is 80.5 Å². The molecule has 0 spiro atoms. The molecule has 1 aliphatic rings. The summed E-state index contributed by atoms with van der Waals surface area (Å²) in [7, 11) is 0. The van der Waals surface area contributed by atoms with Gasteiger partial charge in [0.25, 0.3) is 0 Å². The van der Waals surface area contributed by atoms with Crippen LogP contribution in [0.2, 0.25) is 0 Å². The van der Waals surface area contributed by atoms with Gasteiger partial charge in [-0.05, 0) is 25.1 Å². The number of aryl methyl sites for hydroxylation is 1. The van der Waals surface area contributed by atoms with E-state index in [2.05, 4.69) is 15.2 Å². The summed E-state index contributed by atoms with van der Waals surface area (Å²) in [4.78, 5) is 17.3. The molecule has 2 heterocycles. The van der Waals surface area contributed by atoms with Crippen LogP contribution in [0, 0.1) is 17.0 Å². The number of ether oxygens (including phenoxy) is 1. The summed E-state index contributed by atoms with van der Waals surface area (Å²) >= 11 is 0. The highest BCUT2D eigenvalue weighted by Crippen LogP contribution is 2.28. The van der Waals surface area contributed by atoms with E-state index >= 15 is 0 Å². The van der Waals surface area contributed by atoms with Gasteiger partial charge in [0.05, 0.1) is 18.1 Å². The Balaban J connectivity index is 1.91. The van der Waals surface area contributed by atoms with E-state index in [-0.39, 0.29) is 11.5 Å². The van der Waals surface area contributed by atoms with E-state index in [0.29, 0.717) is 19.0 Å². The molecule has 1 N–H and O–H groups in total. The van der Waals surface area contributed by atoms with Gasteiger partial charge in [-0.25, -0.2) is 4.98 Å². The summed E-state index contributed by atoms with van der Waals surface area (Å²) in [6.07, 6.45) is 0. The first-order chi connectivity index (χ1) is 11.1. The van der Waals surface area contributed by atoms with Gasteiger partial charge in [0.1, 0.15) is 5.82 Å². The molecule has 0 bridgehead atoms. The molecule has 1 aromatic carbocycles. The van der Waals surface area contributed by atoms with Gasteiger partial charge < -0.3 is 15.0 Å². The van der Waals surface area contributed by atoms with Crippen LogP contribution in [0.3, 0.4) is 0 Å². The summed E-state index contributed by atoms with van der Waals surface area (Å²) in [5.74, 6) is 0.969. The van der Waals surface area contributed by atoms with Crippen LogP contribution in [-0.2, 0) is 4.74 Å². The average molecular weight is 314 g/mol. The third-order valence-corrected chi connectivity index (χ3v) is 3.71. The largest absolute Gasteiger partial charge is 0.378 e. The number of benzene rings is 1. The Bertz CT molecular complexity index is 697. The zero-order valence-electron chi connectivity index (χ0n) is 12.9. The minimum Gasteiger partial charge on any atom is -0.378 e. The Hall–Kier alpha value is -2.67. The minimum absolute atomic E-state index is 0.0393. The molecular weight excluding hydrogens is 296 g/mol. The Labute approximate surface area is 134 Å². The fourth-order valence-electron chi connectivity index (χ4n) is 2.42. The van der Waals surface area contributed by atoms with Gasteiger partial charge in [0.2, 0.25) is 5.82 Å². The molecule has 1 aromatic heterocycles. The highest BCUT2D eigenvalue weighted by atomic mass is 16.6. The maximum atomic E-state index is 11.2. The number of pyridine rings is 1. The summed E-state index contributed by atoms with van der Waals surface area (Å²) in [6.45, 7) is 4.73. The van der Waals surface area contributed by atoms with Gasteiger partial charge in [-0.3, -0.25) is 10.1 Å². The third kappa shape index (κ3) is 3.57. The number of rotatable bonds is 4. The number of hydrogen-bond donors (Lipinski definition) is 1. The molecule has 0 aliphatic carbocycles. The first kappa shape index (κ1) is 15.2. The second-order valence-electron chi connectivity index (χ2n) is 5.38. The maximum absolute atomic E-state index is 11.2. The number of nitro groups is 1. The number of anilines is 3. The molecule has 120 valence electrons. The van der Waals surface area contributed by atoms with Crippen LogP contribution in [0.5, 0.6) is 0 Å². The van der Waals surface area contributed by atoms with Crippen molar-refractivity contribution in [2.24, 2.45) is 0 Å². The van der Waals surface area contributed by atoms with E-state index in [1.165, 1.54) is 6.07 Å². The lowest BCUT2D eigenvalue weighted by Crippen LogP contribution is -2.36. The van der Waals surface area contributed by atoms with E-state index in [1.54, 1.807) is 6.07 Å². The van der Waals surface area contributed by atoms with Gasteiger partial charge in [-0.15, -0.1) is 0 Å². The second kappa shape index (κ2) is 6.62. The van der Waals surface area contributed by atoms with Crippen molar-refractivity contribution >= 4 is 23.0 Å². The van der Waals surface area contributed by atoms with Crippen LogP contribution in [0.25, 0.3) is 0 Å². The summed E-state index contributed by atoms with van der Waals surface area (Å²) in [5, 5.41) is 14.3. The number of nitrogens with zero attached hydrogens (tertiary/aromatic N) is 3. The van der Waals surface area contributed by atoms with Gasteiger partial charge in [-0.2, -0.15) is 0 Å². The third-order valence-electron chi connectivity index (χ3n) is 3.71. The van der Waals surface area contributed by atoms with E-state index in [0.717, 1.165) is 24.3 Å². The molecule has 3 rings (SSSR count). The van der Waals surface area contributed by atoms with Gasteiger partial charge >= 0.3 is 5.69 Å². The smallest absolute Gasteiger partial charge is 0.311 e. The number of morpholine rings is 1. The van der Waals surface area contributed by atoms with Crippen molar-refractivity contribution in [2.75, 3.05) is 36.5 Å². The van der Waals surface area contributed by atoms with E-state index < -0.39 is 4.92 Å². The van der Waals surface area contributed by atoms with Crippen molar-refractivity contribution < 1.29 is 9.66 Å². The van der Waals surface area contributed by atoms with Crippen LogP contribution < -0.4 is 10.2 Å². The molecule has 1 saturated heterocycles. The summed E-state index contributed by atoms with van der Waals surface area (Å²) in [5.41, 5.74) is 1.85. The zero-order chi connectivity index (χ0) is 16.2. The SMILES string of the molecule is Cc1ccc(Nc2nc(N3CCOCC3)ccc2[N+](=O)[O-])cc1. The molecule has 2 aromatic rings. The van der Waals surface area contributed by atoms with Crippen LogP contribution >= 0.6 is 0 Å². The van der Waals surface area contributed by atoms with Crippen molar-refractivity contribution in [3.8, 4) is 0 Å². The van der Waals surface area contributed by atoms with E-state index in [9.17, 15) is 10.1 Å². The van der Waals surface area contributed by atoms with Crippen LogP contribution in [-0.4, -0.2) is 36.2 Å². The molecule has 0 saturated carbocycles. The van der Waals surface area contributed by atoms with Crippen molar-refractivity contribution in [3.05, 3.63) is 52.1 Å². The van der Waals surface area contributed by atoms with Crippen LogP contribution in [0.15, 0.2) is 36.4 Å². The van der Waals surface area contributed by atoms with Crippen LogP contribution in [0.1, 0.15) is 5.56 Å². The Morgan fingerprint density at radius 1 is 1.17 bits per heavy atom. The van der Waals surface area contributed by atoms with Crippen molar-refractivity contribution in [2.45, 2.75) is 6.92 Å². The molecule has 1 aliphatic heterocycles. The van der Waals surface area contributed by atoms with Crippen molar-refractivity contribution in [3.63, 3.8) is 0 Å². The maximum Gasteiger partial charge on any atom is 0.311 e. The van der Waals surface area contributed by atoms with Crippen molar-refractivity contribution in [1.82, 2.24) is 4.98 Å². The summed E-state index contributed by atoms with van der Waals surface area (Å²) < 4.78 is 5.33. The van der Waals surface area contributed by atoms with E-state index in [1.807, 2.05) is 31.2 Å². The summed E-state index contributed by atoms with van der Waals surface area (Å²) in [6, 6.07) is 10.8. The Morgan fingerprint density at radius 2 is 1.87 bits per heavy atom. The Morgan fingerprint density at radius 3 is 2.52 bits per heavy atom. The normalized spacial score (nSPS) is 14.6. The lowest BCUT2D eigenvalue weighted by molar-refractivity contribution is -0.384. The zero-order valence-corrected chi connectivity index (χ0v) is 12.9. The lowest BCUT2D eigenvalue weighted by atomic mass is 10.2. The van der Waals surface area contributed by atoms with Crippen molar-refractivity contribution in [1.29, 1.82) is 0 Å². The molecule has 1 fully saturated rings. The monoisotopic (exact) mass is 314 g/mol. The molecule has 0 atom stereocenters. The predicted octanol–water partition coefficient (Wildman–Crippen LogP) is 2.88. The lowest BCUT2D eigenvalue weighted by Gasteiger charge is -2.28.